The second kappa shape index (κ2) is 6.52. The Morgan fingerprint density at radius 3 is 2.87 bits per heavy atom. The van der Waals surface area contributed by atoms with Gasteiger partial charge in [0.2, 0.25) is 0 Å². The molecule has 0 spiro atoms. The predicted molar refractivity (Wildman–Crippen MR) is 123 cm³/mol. The van der Waals surface area contributed by atoms with Gasteiger partial charge in [0, 0.05) is 54.9 Å². The third-order valence-electron chi connectivity index (χ3n) is 6.23. The molecule has 0 unspecified atom stereocenters. The Morgan fingerprint density at radius 2 is 1.97 bits per heavy atom. The fourth-order valence-corrected chi connectivity index (χ4v) is 5.61. The second-order valence-electron chi connectivity index (χ2n) is 8.23. The molecular weight excluding hydrogens is 390 g/mol. The number of thiophene rings is 1. The molecule has 0 saturated carbocycles. The molecule has 6 rings (SSSR count). The highest BCUT2D eigenvalue weighted by Gasteiger charge is 2.26. The van der Waals surface area contributed by atoms with E-state index in [-0.39, 0.29) is 0 Å². The molecule has 1 aliphatic rings. The van der Waals surface area contributed by atoms with Crippen molar-refractivity contribution in [2.45, 2.75) is 19.9 Å². The lowest BCUT2D eigenvalue weighted by Gasteiger charge is -2.24. The van der Waals surface area contributed by atoms with E-state index in [9.17, 15) is 0 Å². The Bertz CT molecular complexity index is 1420. The quantitative estimate of drug-likeness (QED) is 0.412. The largest absolute Gasteiger partial charge is 0.351 e. The van der Waals surface area contributed by atoms with E-state index in [4.69, 9.17) is 4.98 Å². The van der Waals surface area contributed by atoms with Crippen LogP contribution in [-0.2, 0) is 20.0 Å². The minimum absolute atomic E-state index is 0.829. The molecule has 1 aromatic carbocycles. The average Bonchev–Trinajstić information content (AvgIpc) is 3.43. The van der Waals surface area contributed by atoms with Crippen LogP contribution in [0.2, 0.25) is 0 Å². The molecule has 4 aromatic heterocycles. The zero-order chi connectivity index (χ0) is 20.4. The molecule has 0 amide bonds. The van der Waals surface area contributed by atoms with Crippen LogP contribution in [0.15, 0.2) is 48.1 Å². The highest BCUT2D eigenvalue weighted by atomic mass is 32.1. The van der Waals surface area contributed by atoms with Gasteiger partial charge < -0.3 is 14.0 Å². The van der Waals surface area contributed by atoms with Crippen LogP contribution in [0.5, 0.6) is 0 Å². The molecule has 0 bridgehead atoms. The summed E-state index contributed by atoms with van der Waals surface area (Å²) < 4.78 is 4.58. The van der Waals surface area contributed by atoms with Crippen molar-refractivity contribution in [3.63, 3.8) is 0 Å². The van der Waals surface area contributed by atoms with Crippen LogP contribution in [-0.4, -0.2) is 37.6 Å². The first-order valence-electron chi connectivity index (χ1n) is 10.3. The first-order chi connectivity index (χ1) is 14.6. The van der Waals surface area contributed by atoms with Crippen molar-refractivity contribution in [2.24, 2.45) is 7.05 Å². The van der Waals surface area contributed by atoms with Crippen LogP contribution in [0.4, 0.5) is 0 Å². The van der Waals surface area contributed by atoms with Crippen molar-refractivity contribution in [2.75, 3.05) is 13.6 Å². The molecule has 5 aromatic rings. The average molecular weight is 414 g/mol. The zero-order valence-corrected chi connectivity index (χ0v) is 18.2. The van der Waals surface area contributed by atoms with E-state index < -0.39 is 0 Å². The highest BCUT2D eigenvalue weighted by Crippen LogP contribution is 2.39. The van der Waals surface area contributed by atoms with Crippen LogP contribution in [0, 0.1) is 6.92 Å². The van der Waals surface area contributed by atoms with Crippen LogP contribution in [0.1, 0.15) is 17.1 Å². The molecule has 30 heavy (non-hydrogen) atoms. The van der Waals surface area contributed by atoms with E-state index in [0.29, 0.717) is 0 Å². The van der Waals surface area contributed by atoms with Gasteiger partial charge in [0.1, 0.15) is 5.82 Å². The maximum atomic E-state index is 4.84. The van der Waals surface area contributed by atoms with Crippen LogP contribution >= 0.6 is 11.3 Å². The summed E-state index contributed by atoms with van der Waals surface area (Å²) in [6.45, 7) is 3.97. The van der Waals surface area contributed by atoms with E-state index in [2.05, 4.69) is 75.0 Å². The number of fused-ring (bicyclic) bond motifs is 4. The van der Waals surface area contributed by atoms with Crippen molar-refractivity contribution >= 4 is 33.3 Å². The SMILES string of the molecule is Cc1ncc2c(n1)c1c(n2-c2ccsc2-c2ccc3c(ccn3C)c2)CCN(C)C1. The van der Waals surface area contributed by atoms with E-state index >= 15 is 0 Å². The first-order valence-corrected chi connectivity index (χ1v) is 11.2. The minimum atomic E-state index is 0.829. The molecule has 150 valence electrons. The van der Waals surface area contributed by atoms with Gasteiger partial charge in [-0.25, -0.2) is 9.97 Å². The Balaban J connectivity index is 1.60. The molecule has 0 fully saturated rings. The summed E-state index contributed by atoms with van der Waals surface area (Å²) in [7, 11) is 4.28. The van der Waals surface area contributed by atoms with Gasteiger partial charge in [-0.3, -0.25) is 0 Å². The topological polar surface area (TPSA) is 38.9 Å². The number of hydrogen-bond donors (Lipinski definition) is 0. The summed E-state index contributed by atoms with van der Waals surface area (Å²) in [5.41, 5.74) is 8.69. The number of aryl methyl sites for hydroxylation is 2. The first kappa shape index (κ1) is 17.9. The van der Waals surface area contributed by atoms with E-state index in [1.807, 2.05) is 13.1 Å². The standard InChI is InChI=1S/C24H23N5S/c1-15-25-13-22-23(26-15)18-14-27(2)9-7-20(18)29(22)21-8-11-30-24(21)17-4-5-19-16(12-17)6-10-28(19)3/h4-6,8,10-13H,7,9,14H2,1-3H3. The van der Waals surface area contributed by atoms with Crippen LogP contribution < -0.4 is 0 Å². The van der Waals surface area contributed by atoms with Crippen molar-refractivity contribution in [1.29, 1.82) is 0 Å². The number of hydrogen-bond acceptors (Lipinski definition) is 4. The van der Waals surface area contributed by atoms with Gasteiger partial charge in [0.05, 0.1) is 27.8 Å². The summed E-state index contributed by atoms with van der Waals surface area (Å²) in [5.74, 6) is 0.829. The lowest BCUT2D eigenvalue weighted by atomic mass is 10.1. The number of benzene rings is 1. The van der Waals surface area contributed by atoms with Crippen LogP contribution in [0.25, 0.3) is 38.1 Å². The van der Waals surface area contributed by atoms with E-state index in [0.717, 1.165) is 36.4 Å². The lowest BCUT2D eigenvalue weighted by molar-refractivity contribution is 0.311. The van der Waals surface area contributed by atoms with Gasteiger partial charge in [-0.2, -0.15) is 0 Å². The molecular formula is C24H23N5S. The Morgan fingerprint density at radius 1 is 1.07 bits per heavy atom. The van der Waals surface area contributed by atoms with Gasteiger partial charge in [0.25, 0.3) is 0 Å². The molecule has 5 heterocycles. The van der Waals surface area contributed by atoms with Gasteiger partial charge in [0.15, 0.2) is 0 Å². The molecule has 0 aliphatic carbocycles. The van der Waals surface area contributed by atoms with E-state index in [1.165, 1.54) is 38.3 Å². The fraction of sp³-hybridized carbons (Fsp3) is 0.250. The summed E-state index contributed by atoms with van der Waals surface area (Å²) in [5, 5.41) is 3.47. The molecule has 0 saturated heterocycles. The molecule has 5 nitrogen and oxygen atoms in total. The van der Waals surface area contributed by atoms with Crippen molar-refractivity contribution in [3.05, 3.63) is 65.2 Å². The Hall–Kier alpha value is -2.96. The van der Waals surface area contributed by atoms with Crippen molar-refractivity contribution < 1.29 is 0 Å². The number of nitrogens with zero attached hydrogens (tertiary/aromatic N) is 5. The molecule has 1 aliphatic heterocycles. The smallest absolute Gasteiger partial charge is 0.126 e. The van der Waals surface area contributed by atoms with Crippen molar-refractivity contribution in [1.82, 2.24) is 24.0 Å². The van der Waals surface area contributed by atoms with Gasteiger partial charge in [-0.05, 0) is 49.2 Å². The minimum Gasteiger partial charge on any atom is -0.351 e. The fourth-order valence-electron chi connectivity index (χ4n) is 4.73. The Kier molecular flexibility index (Phi) is 3.88. The maximum Gasteiger partial charge on any atom is 0.126 e. The maximum absolute atomic E-state index is 4.84. The molecule has 0 atom stereocenters. The zero-order valence-electron chi connectivity index (χ0n) is 17.4. The summed E-state index contributed by atoms with van der Waals surface area (Å²) in [4.78, 5) is 13.1. The van der Waals surface area contributed by atoms with E-state index in [1.54, 1.807) is 11.3 Å². The third-order valence-corrected chi connectivity index (χ3v) is 7.18. The predicted octanol–water partition coefficient (Wildman–Crippen LogP) is 4.94. The normalized spacial score (nSPS) is 14.6. The van der Waals surface area contributed by atoms with Gasteiger partial charge in [-0.1, -0.05) is 6.07 Å². The summed E-state index contributed by atoms with van der Waals surface area (Å²) in [6, 6.07) is 11.2. The molecule has 0 N–H and O–H groups in total. The van der Waals surface area contributed by atoms with Crippen LogP contribution in [0.3, 0.4) is 0 Å². The second-order valence-corrected chi connectivity index (χ2v) is 9.15. The van der Waals surface area contributed by atoms with Gasteiger partial charge >= 0.3 is 0 Å². The summed E-state index contributed by atoms with van der Waals surface area (Å²) >= 11 is 1.80. The number of rotatable bonds is 2. The monoisotopic (exact) mass is 413 g/mol. The Labute approximate surface area is 179 Å². The summed E-state index contributed by atoms with van der Waals surface area (Å²) in [6.07, 6.45) is 5.14. The third kappa shape index (κ3) is 2.57. The number of aromatic nitrogens is 4. The van der Waals surface area contributed by atoms with Gasteiger partial charge in [-0.15, -0.1) is 11.3 Å². The number of likely N-dealkylation sites (N-methyl/N-ethyl adjacent to an activating group) is 1. The molecule has 6 heteroatoms. The lowest BCUT2D eigenvalue weighted by Crippen LogP contribution is -2.27. The molecule has 0 radical (unpaired) electrons. The highest BCUT2D eigenvalue weighted by molar-refractivity contribution is 7.14. The van der Waals surface area contributed by atoms with Crippen molar-refractivity contribution in [3.8, 4) is 16.1 Å².